The second-order valence-electron chi connectivity index (χ2n) is 15.2. The molecule has 2 atom stereocenters. The standard InChI is InChI=1S/C54H44N2/c1-5-16-39(17-6-1)45-35-46(40-18-7-2-8-19-40)37-50(36-45)56-53-27-14-13-26-51(53)52-38-44(30-33-54(52)56)43-21-15-20-42(34-43)41-28-31-49(32-29-41)55(47-22-9-3-10-23-47)48-24-11-4-12-25-48/h1-12,15-25,28-38,51,53H,13-14,26-27H2. The van der Waals surface area contributed by atoms with Crippen LogP contribution in [0, 0.1) is 0 Å². The molecule has 10 rings (SSSR count). The molecule has 2 aliphatic rings. The molecule has 0 spiro atoms. The lowest BCUT2D eigenvalue weighted by Gasteiger charge is -2.34. The Morgan fingerprint density at radius 1 is 0.357 bits per heavy atom. The quantitative estimate of drug-likeness (QED) is 0.154. The van der Waals surface area contributed by atoms with Crippen LogP contribution in [-0.2, 0) is 0 Å². The zero-order valence-electron chi connectivity index (χ0n) is 31.5. The van der Waals surface area contributed by atoms with Gasteiger partial charge >= 0.3 is 0 Å². The van der Waals surface area contributed by atoms with Crippen molar-refractivity contribution in [2.45, 2.75) is 37.6 Å². The summed E-state index contributed by atoms with van der Waals surface area (Å²) < 4.78 is 0. The molecule has 2 unspecified atom stereocenters. The molecule has 1 fully saturated rings. The van der Waals surface area contributed by atoms with Crippen LogP contribution in [0.1, 0.15) is 37.2 Å². The third kappa shape index (κ3) is 6.48. The number of fused-ring (bicyclic) bond motifs is 3. The molecule has 0 bridgehead atoms. The van der Waals surface area contributed by atoms with Crippen molar-refractivity contribution in [3.8, 4) is 44.5 Å². The van der Waals surface area contributed by atoms with Gasteiger partial charge in [-0.15, -0.1) is 0 Å². The monoisotopic (exact) mass is 720 g/mol. The van der Waals surface area contributed by atoms with Crippen molar-refractivity contribution in [3.05, 3.63) is 212 Å². The Bertz CT molecular complexity index is 2480. The second kappa shape index (κ2) is 14.9. The van der Waals surface area contributed by atoms with Gasteiger partial charge in [0.25, 0.3) is 0 Å². The van der Waals surface area contributed by atoms with Crippen molar-refractivity contribution >= 4 is 28.4 Å². The normalized spacial score (nSPS) is 15.9. The van der Waals surface area contributed by atoms with Crippen LogP contribution in [0.3, 0.4) is 0 Å². The summed E-state index contributed by atoms with van der Waals surface area (Å²) in [5, 5.41) is 0. The molecule has 0 N–H and O–H groups in total. The van der Waals surface area contributed by atoms with Gasteiger partial charge in [0, 0.05) is 40.4 Å². The molecule has 1 heterocycles. The van der Waals surface area contributed by atoms with Gasteiger partial charge in [-0.2, -0.15) is 0 Å². The first-order valence-electron chi connectivity index (χ1n) is 20.1. The molecule has 2 heteroatoms. The molecule has 0 amide bonds. The van der Waals surface area contributed by atoms with E-state index in [1.165, 1.54) is 87.1 Å². The van der Waals surface area contributed by atoms with E-state index < -0.39 is 0 Å². The molecule has 8 aromatic carbocycles. The summed E-state index contributed by atoms with van der Waals surface area (Å²) in [6.07, 6.45) is 5.01. The lowest BCUT2D eigenvalue weighted by molar-refractivity contribution is 0.402. The zero-order chi connectivity index (χ0) is 37.3. The molecule has 8 aromatic rings. The molecular weight excluding hydrogens is 677 g/mol. The number of anilines is 5. The van der Waals surface area contributed by atoms with Gasteiger partial charge in [-0.1, -0.05) is 146 Å². The van der Waals surface area contributed by atoms with Gasteiger partial charge in [0.05, 0.1) is 0 Å². The highest BCUT2D eigenvalue weighted by molar-refractivity contribution is 5.85. The van der Waals surface area contributed by atoms with E-state index in [1.54, 1.807) is 0 Å². The van der Waals surface area contributed by atoms with Crippen LogP contribution < -0.4 is 9.80 Å². The van der Waals surface area contributed by atoms with E-state index in [-0.39, 0.29) is 0 Å². The topological polar surface area (TPSA) is 6.48 Å². The summed E-state index contributed by atoms with van der Waals surface area (Å²) in [6, 6.07) is 75.9. The lowest BCUT2D eigenvalue weighted by Crippen LogP contribution is -2.32. The van der Waals surface area contributed by atoms with Crippen molar-refractivity contribution < 1.29 is 0 Å². The Balaban J connectivity index is 0.998. The van der Waals surface area contributed by atoms with Gasteiger partial charge in [-0.25, -0.2) is 0 Å². The minimum absolute atomic E-state index is 0.458. The van der Waals surface area contributed by atoms with E-state index >= 15 is 0 Å². The van der Waals surface area contributed by atoms with Gasteiger partial charge in [0.15, 0.2) is 0 Å². The average molecular weight is 721 g/mol. The van der Waals surface area contributed by atoms with Crippen molar-refractivity contribution in [3.63, 3.8) is 0 Å². The average Bonchev–Trinajstić information content (AvgIpc) is 3.62. The van der Waals surface area contributed by atoms with Gasteiger partial charge in [-0.3, -0.25) is 0 Å². The summed E-state index contributed by atoms with van der Waals surface area (Å²) >= 11 is 0. The molecule has 1 saturated carbocycles. The fraction of sp³-hybridized carbons (Fsp3) is 0.111. The summed E-state index contributed by atoms with van der Waals surface area (Å²) in [5.74, 6) is 0.521. The zero-order valence-corrected chi connectivity index (χ0v) is 31.5. The highest BCUT2D eigenvalue weighted by Gasteiger charge is 2.40. The summed E-state index contributed by atoms with van der Waals surface area (Å²) in [7, 11) is 0. The van der Waals surface area contributed by atoms with E-state index in [2.05, 4.69) is 216 Å². The van der Waals surface area contributed by atoms with Gasteiger partial charge < -0.3 is 9.80 Å². The molecule has 0 saturated heterocycles. The van der Waals surface area contributed by atoms with E-state index in [1.807, 2.05) is 0 Å². The summed E-state index contributed by atoms with van der Waals surface area (Å²) in [5.41, 5.74) is 17.6. The maximum absolute atomic E-state index is 2.69. The highest BCUT2D eigenvalue weighted by atomic mass is 15.2. The molecule has 2 nitrogen and oxygen atoms in total. The lowest BCUT2D eigenvalue weighted by atomic mass is 9.81. The van der Waals surface area contributed by atoms with Crippen LogP contribution in [0.4, 0.5) is 28.4 Å². The largest absolute Gasteiger partial charge is 0.337 e. The van der Waals surface area contributed by atoms with Crippen molar-refractivity contribution in [2.24, 2.45) is 0 Å². The molecule has 1 aliphatic heterocycles. The Labute approximate surface area is 331 Å². The Kier molecular flexibility index (Phi) is 9.01. The smallest absolute Gasteiger partial charge is 0.0462 e. The fourth-order valence-corrected chi connectivity index (χ4v) is 9.17. The van der Waals surface area contributed by atoms with Crippen molar-refractivity contribution in [1.29, 1.82) is 0 Å². The predicted octanol–water partition coefficient (Wildman–Crippen LogP) is 15.0. The van der Waals surface area contributed by atoms with Crippen LogP contribution >= 0.6 is 0 Å². The van der Waals surface area contributed by atoms with Crippen molar-refractivity contribution in [1.82, 2.24) is 0 Å². The maximum atomic E-state index is 2.69. The maximum Gasteiger partial charge on any atom is 0.0462 e. The molecular formula is C54H44N2. The Hall–Kier alpha value is -6.64. The van der Waals surface area contributed by atoms with Gasteiger partial charge in [0.2, 0.25) is 0 Å². The highest BCUT2D eigenvalue weighted by Crippen LogP contribution is 2.53. The molecule has 1 aliphatic carbocycles. The SMILES string of the molecule is c1ccc(-c2cc(-c3ccccc3)cc(N3c4ccc(-c5cccc(-c6ccc(N(c7ccccc7)c7ccccc7)cc6)c5)cc4C4CCCCC43)c2)cc1. The minimum Gasteiger partial charge on any atom is -0.337 e. The Morgan fingerprint density at radius 3 is 1.41 bits per heavy atom. The molecule has 0 radical (unpaired) electrons. The van der Waals surface area contributed by atoms with E-state index in [0.29, 0.717) is 12.0 Å². The van der Waals surface area contributed by atoms with Gasteiger partial charge in [-0.05, 0) is 136 Å². The third-order valence-electron chi connectivity index (χ3n) is 11.8. The molecule has 270 valence electrons. The van der Waals surface area contributed by atoms with Crippen LogP contribution in [-0.4, -0.2) is 6.04 Å². The van der Waals surface area contributed by atoms with Crippen LogP contribution in [0.15, 0.2) is 206 Å². The number of hydrogen-bond donors (Lipinski definition) is 0. The predicted molar refractivity (Wildman–Crippen MR) is 236 cm³/mol. The number of nitrogens with zero attached hydrogens (tertiary/aromatic N) is 2. The number of para-hydroxylation sites is 2. The Morgan fingerprint density at radius 2 is 0.804 bits per heavy atom. The third-order valence-corrected chi connectivity index (χ3v) is 11.8. The van der Waals surface area contributed by atoms with Crippen LogP contribution in [0.25, 0.3) is 44.5 Å². The summed E-state index contributed by atoms with van der Waals surface area (Å²) in [6.45, 7) is 0. The van der Waals surface area contributed by atoms with Gasteiger partial charge in [0.1, 0.15) is 0 Å². The van der Waals surface area contributed by atoms with E-state index in [0.717, 1.165) is 17.1 Å². The van der Waals surface area contributed by atoms with Crippen LogP contribution in [0.5, 0.6) is 0 Å². The number of hydrogen-bond acceptors (Lipinski definition) is 2. The first kappa shape index (κ1) is 33.9. The second-order valence-corrected chi connectivity index (χ2v) is 15.2. The van der Waals surface area contributed by atoms with Crippen molar-refractivity contribution in [2.75, 3.05) is 9.80 Å². The number of rotatable bonds is 8. The fourth-order valence-electron chi connectivity index (χ4n) is 9.17. The first-order chi connectivity index (χ1) is 27.8. The first-order valence-corrected chi connectivity index (χ1v) is 20.1. The molecule has 56 heavy (non-hydrogen) atoms. The van der Waals surface area contributed by atoms with Crippen LogP contribution in [0.2, 0.25) is 0 Å². The minimum atomic E-state index is 0.458. The van der Waals surface area contributed by atoms with E-state index in [9.17, 15) is 0 Å². The number of benzene rings is 8. The summed E-state index contributed by atoms with van der Waals surface area (Å²) in [4.78, 5) is 5.00. The molecule has 0 aromatic heterocycles. The van der Waals surface area contributed by atoms with E-state index in [4.69, 9.17) is 0 Å².